The number of hydrogen-bond acceptors (Lipinski definition) is 5. The van der Waals surface area contributed by atoms with Crippen molar-refractivity contribution in [2.75, 3.05) is 18.4 Å². The van der Waals surface area contributed by atoms with E-state index in [4.69, 9.17) is 8.94 Å². The second-order valence-electron chi connectivity index (χ2n) is 6.00. The van der Waals surface area contributed by atoms with Gasteiger partial charge in [0.05, 0.1) is 18.8 Å². The van der Waals surface area contributed by atoms with Gasteiger partial charge < -0.3 is 14.3 Å². The van der Waals surface area contributed by atoms with Crippen LogP contribution in [0.3, 0.4) is 0 Å². The molecule has 1 amide bonds. The van der Waals surface area contributed by atoms with Crippen molar-refractivity contribution in [3.8, 4) is 0 Å². The summed E-state index contributed by atoms with van der Waals surface area (Å²) < 4.78 is 10.5. The number of carbonyl (C=O) groups excluding carboxylic acids is 1. The van der Waals surface area contributed by atoms with Crippen molar-refractivity contribution in [2.24, 2.45) is 5.92 Å². The van der Waals surface area contributed by atoms with Crippen LogP contribution >= 0.6 is 0 Å². The molecule has 1 N–H and O–H groups in total. The number of furan rings is 1. The van der Waals surface area contributed by atoms with Crippen LogP contribution in [0.1, 0.15) is 37.3 Å². The monoisotopic (exact) mass is 303 g/mol. The quantitative estimate of drug-likeness (QED) is 0.940. The summed E-state index contributed by atoms with van der Waals surface area (Å²) in [6.07, 6.45) is 3.78. The normalized spacial score (nSPS) is 22.6. The summed E-state index contributed by atoms with van der Waals surface area (Å²) in [5, 5.41) is 6.56. The van der Waals surface area contributed by atoms with E-state index >= 15 is 0 Å². The molecular formula is C16H21N3O3. The number of likely N-dealkylation sites (tertiary alicyclic amines) is 1. The number of carbonyl (C=O) groups is 1. The Balaban J connectivity index is 1.65. The number of nitrogens with one attached hydrogen (secondary N) is 1. The average Bonchev–Trinajstić information content (AvgIpc) is 3.12. The standard InChI is InChI=1S/C16H21N3O3/c1-11-5-6-19(13(8-11)14-4-3-7-21-14)10-16(20)17-15-9-12(2)22-18-15/h3-4,7,9,11,13H,5-6,8,10H2,1-2H3,(H,17,18,20)/t11-,13+/m1/s1. The predicted molar refractivity (Wildman–Crippen MR) is 81.3 cm³/mol. The molecular weight excluding hydrogens is 282 g/mol. The first-order valence-corrected chi connectivity index (χ1v) is 7.62. The fourth-order valence-electron chi connectivity index (χ4n) is 2.95. The Morgan fingerprint density at radius 3 is 3.09 bits per heavy atom. The van der Waals surface area contributed by atoms with Crippen LogP contribution in [0.5, 0.6) is 0 Å². The van der Waals surface area contributed by atoms with Gasteiger partial charge in [-0.2, -0.15) is 0 Å². The van der Waals surface area contributed by atoms with Gasteiger partial charge in [-0.15, -0.1) is 0 Å². The summed E-state index contributed by atoms with van der Waals surface area (Å²) in [6, 6.07) is 5.74. The van der Waals surface area contributed by atoms with Gasteiger partial charge in [0.2, 0.25) is 5.91 Å². The molecule has 6 nitrogen and oxygen atoms in total. The molecule has 1 fully saturated rings. The lowest BCUT2D eigenvalue weighted by Gasteiger charge is -2.36. The Labute approximate surface area is 129 Å². The maximum atomic E-state index is 12.2. The molecule has 0 spiro atoms. The second-order valence-corrected chi connectivity index (χ2v) is 6.00. The smallest absolute Gasteiger partial charge is 0.239 e. The van der Waals surface area contributed by atoms with Crippen LogP contribution in [-0.2, 0) is 4.79 Å². The first-order valence-electron chi connectivity index (χ1n) is 7.62. The third-order valence-corrected chi connectivity index (χ3v) is 4.09. The second kappa shape index (κ2) is 6.36. The minimum absolute atomic E-state index is 0.0839. The molecule has 2 aromatic rings. The van der Waals surface area contributed by atoms with E-state index in [1.807, 2.05) is 12.1 Å². The molecule has 0 aliphatic carbocycles. The van der Waals surface area contributed by atoms with Gasteiger partial charge >= 0.3 is 0 Å². The molecule has 0 bridgehead atoms. The van der Waals surface area contributed by atoms with E-state index in [-0.39, 0.29) is 11.9 Å². The van der Waals surface area contributed by atoms with E-state index in [9.17, 15) is 4.79 Å². The molecule has 0 aromatic carbocycles. The van der Waals surface area contributed by atoms with Crippen molar-refractivity contribution < 1.29 is 13.7 Å². The number of nitrogens with zero attached hydrogens (tertiary/aromatic N) is 2. The lowest BCUT2D eigenvalue weighted by molar-refractivity contribution is -0.118. The first kappa shape index (κ1) is 14.8. The molecule has 2 aromatic heterocycles. The maximum absolute atomic E-state index is 12.2. The Hall–Kier alpha value is -2.08. The molecule has 0 saturated carbocycles. The van der Waals surface area contributed by atoms with E-state index in [1.54, 1.807) is 19.3 Å². The van der Waals surface area contributed by atoms with Crippen LogP contribution in [0.15, 0.2) is 33.4 Å². The summed E-state index contributed by atoms with van der Waals surface area (Å²) in [5.41, 5.74) is 0. The van der Waals surface area contributed by atoms with Gasteiger partial charge in [-0.25, -0.2) is 0 Å². The molecule has 6 heteroatoms. The highest BCUT2D eigenvalue weighted by atomic mass is 16.5. The van der Waals surface area contributed by atoms with Crippen molar-refractivity contribution in [3.05, 3.63) is 36.0 Å². The molecule has 3 heterocycles. The largest absolute Gasteiger partial charge is 0.468 e. The number of hydrogen-bond donors (Lipinski definition) is 1. The number of aromatic nitrogens is 1. The minimum atomic E-state index is -0.0839. The van der Waals surface area contributed by atoms with Gasteiger partial charge in [0.1, 0.15) is 11.5 Å². The first-order chi connectivity index (χ1) is 10.6. The summed E-state index contributed by atoms with van der Waals surface area (Å²) >= 11 is 0. The molecule has 0 radical (unpaired) electrons. The number of piperidine rings is 1. The summed E-state index contributed by atoms with van der Waals surface area (Å²) in [4.78, 5) is 14.4. The van der Waals surface area contributed by atoms with Gasteiger partial charge in [-0.05, 0) is 44.4 Å². The van der Waals surface area contributed by atoms with E-state index in [0.29, 0.717) is 24.0 Å². The Kier molecular flexibility index (Phi) is 4.29. The molecule has 1 aliphatic rings. The summed E-state index contributed by atoms with van der Waals surface area (Å²) in [7, 11) is 0. The molecule has 118 valence electrons. The molecule has 3 rings (SSSR count). The topological polar surface area (TPSA) is 71.5 Å². The van der Waals surface area contributed by atoms with Crippen LogP contribution < -0.4 is 5.32 Å². The lowest BCUT2D eigenvalue weighted by Crippen LogP contribution is -2.41. The summed E-state index contributed by atoms with van der Waals surface area (Å²) in [6.45, 7) is 5.24. The van der Waals surface area contributed by atoms with Gasteiger partial charge in [0, 0.05) is 6.07 Å². The van der Waals surface area contributed by atoms with E-state index in [2.05, 4.69) is 22.3 Å². The molecule has 1 saturated heterocycles. The molecule has 0 unspecified atom stereocenters. The Bertz CT molecular complexity index is 620. The van der Waals surface area contributed by atoms with E-state index in [1.165, 1.54) is 0 Å². The molecule has 1 aliphatic heterocycles. The lowest BCUT2D eigenvalue weighted by atomic mass is 9.91. The van der Waals surface area contributed by atoms with Crippen molar-refractivity contribution in [1.82, 2.24) is 10.1 Å². The Morgan fingerprint density at radius 2 is 2.41 bits per heavy atom. The van der Waals surface area contributed by atoms with Crippen molar-refractivity contribution in [1.29, 1.82) is 0 Å². The zero-order valence-electron chi connectivity index (χ0n) is 12.9. The average molecular weight is 303 g/mol. The predicted octanol–water partition coefficient (Wildman–Crippen LogP) is 2.99. The highest BCUT2D eigenvalue weighted by molar-refractivity contribution is 5.91. The molecule has 22 heavy (non-hydrogen) atoms. The third-order valence-electron chi connectivity index (χ3n) is 4.09. The van der Waals surface area contributed by atoms with Crippen LogP contribution in [-0.4, -0.2) is 29.1 Å². The van der Waals surface area contributed by atoms with E-state index in [0.717, 1.165) is 25.1 Å². The number of amides is 1. The number of rotatable bonds is 4. The number of aryl methyl sites for hydroxylation is 1. The third kappa shape index (κ3) is 3.39. The SMILES string of the molecule is Cc1cc(NC(=O)CN2CC[C@@H](C)C[C@H]2c2ccco2)no1. The highest BCUT2D eigenvalue weighted by Crippen LogP contribution is 2.33. The van der Waals surface area contributed by atoms with Gasteiger partial charge in [0.15, 0.2) is 5.82 Å². The summed E-state index contributed by atoms with van der Waals surface area (Å²) in [5.74, 6) is 2.61. The van der Waals surface area contributed by atoms with Crippen LogP contribution in [0.2, 0.25) is 0 Å². The zero-order chi connectivity index (χ0) is 15.5. The van der Waals surface area contributed by atoms with Crippen molar-refractivity contribution in [2.45, 2.75) is 32.7 Å². The fraction of sp³-hybridized carbons (Fsp3) is 0.500. The van der Waals surface area contributed by atoms with Crippen molar-refractivity contribution in [3.63, 3.8) is 0 Å². The minimum Gasteiger partial charge on any atom is -0.468 e. The van der Waals surface area contributed by atoms with Gasteiger partial charge in [-0.3, -0.25) is 9.69 Å². The van der Waals surface area contributed by atoms with Crippen LogP contribution in [0, 0.1) is 12.8 Å². The van der Waals surface area contributed by atoms with Crippen LogP contribution in [0.25, 0.3) is 0 Å². The number of anilines is 1. The zero-order valence-corrected chi connectivity index (χ0v) is 12.9. The van der Waals surface area contributed by atoms with E-state index < -0.39 is 0 Å². The van der Waals surface area contributed by atoms with Crippen molar-refractivity contribution >= 4 is 11.7 Å². The van der Waals surface area contributed by atoms with Crippen LogP contribution in [0.4, 0.5) is 5.82 Å². The molecule has 2 atom stereocenters. The van der Waals surface area contributed by atoms with Gasteiger partial charge in [-0.1, -0.05) is 12.1 Å². The Morgan fingerprint density at radius 1 is 1.55 bits per heavy atom. The fourth-order valence-corrected chi connectivity index (χ4v) is 2.95. The highest BCUT2D eigenvalue weighted by Gasteiger charge is 2.30. The van der Waals surface area contributed by atoms with Gasteiger partial charge in [0.25, 0.3) is 0 Å². The maximum Gasteiger partial charge on any atom is 0.239 e.